The van der Waals surface area contributed by atoms with Gasteiger partial charge in [-0.3, -0.25) is 14.7 Å². The van der Waals surface area contributed by atoms with Crippen LogP contribution in [-0.2, 0) is 4.74 Å². The lowest BCUT2D eigenvalue weighted by Gasteiger charge is -2.29. The van der Waals surface area contributed by atoms with E-state index < -0.39 is 0 Å². The maximum absolute atomic E-state index is 12.1. The number of hydrogen-bond acceptors (Lipinski definition) is 5. The van der Waals surface area contributed by atoms with Crippen molar-refractivity contribution < 1.29 is 14.6 Å². The normalized spacial score (nSPS) is 20.7. The monoisotopic (exact) mass is 403 g/mol. The summed E-state index contributed by atoms with van der Waals surface area (Å²) in [7, 11) is 0. The standard InChI is InChI=1S/C21H33N5O3/c1-2-22-21(24-9-8-23-20(28)18-3-5-19(27)6-4-18)26-10-7-17(16-26)15-25-11-13-29-14-12-25/h3-6,17,27H,2,7-16H2,1H3,(H,22,24)(H,23,28). The van der Waals surface area contributed by atoms with Crippen molar-refractivity contribution in [2.24, 2.45) is 10.9 Å². The molecule has 3 N–H and O–H groups in total. The first-order valence-electron chi connectivity index (χ1n) is 10.6. The average Bonchev–Trinajstić information content (AvgIpc) is 3.19. The van der Waals surface area contributed by atoms with Gasteiger partial charge in [-0.15, -0.1) is 0 Å². The molecule has 0 aromatic heterocycles. The first-order valence-corrected chi connectivity index (χ1v) is 10.6. The molecule has 0 aliphatic carbocycles. The van der Waals surface area contributed by atoms with Crippen LogP contribution in [0.5, 0.6) is 5.75 Å². The number of amides is 1. The third-order valence-electron chi connectivity index (χ3n) is 5.33. The predicted molar refractivity (Wildman–Crippen MR) is 113 cm³/mol. The predicted octanol–water partition coefficient (Wildman–Crippen LogP) is 0.742. The van der Waals surface area contributed by atoms with Crippen LogP contribution in [0.2, 0.25) is 0 Å². The van der Waals surface area contributed by atoms with Gasteiger partial charge in [-0.05, 0) is 43.5 Å². The molecule has 8 nitrogen and oxygen atoms in total. The van der Waals surface area contributed by atoms with E-state index in [0.717, 1.165) is 58.4 Å². The Balaban J connectivity index is 1.44. The van der Waals surface area contributed by atoms with Crippen LogP contribution in [0.3, 0.4) is 0 Å². The molecule has 1 unspecified atom stereocenters. The molecule has 8 heteroatoms. The van der Waals surface area contributed by atoms with Crippen LogP contribution in [0.1, 0.15) is 23.7 Å². The van der Waals surface area contributed by atoms with Crippen molar-refractivity contribution >= 4 is 11.9 Å². The van der Waals surface area contributed by atoms with Gasteiger partial charge >= 0.3 is 0 Å². The fourth-order valence-corrected chi connectivity index (χ4v) is 3.79. The molecule has 1 atom stereocenters. The summed E-state index contributed by atoms with van der Waals surface area (Å²) in [6.07, 6.45) is 1.18. The van der Waals surface area contributed by atoms with Gasteiger partial charge in [0.25, 0.3) is 5.91 Å². The molecule has 0 spiro atoms. The minimum absolute atomic E-state index is 0.152. The molecule has 0 radical (unpaired) electrons. The summed E-state index contributed by atoms with van der Waals surface area (Å²) in [6, 6.07) is 6.24. The minimum atomic E-state index is -0.156. The number of carbonyl (C=O) groups excluding carboxylic acids is 1. The number of nitrogens with one attached hydrogen (secondary N) is 2. The zero-order chi connectivity index (χ0) is 20.5. The number of benzene rings is 1. The molecule has 2 aliphatic heterocycles. The summed E-state index contributed by atoms with van der Waals surface area (Å²) in [5, 5.41) is 15.6. The average molecular weight is 404 g/mol. The van der Waals surface area contributed by atoms with Gasteiger partial charge in [-0.25, -0.2) is 0 Å². The van der Waals surface area contributed by atoms with Gasteiger partial charge < -0.3 is 25.4 Å². The van der Waals surface area contributed by atoms with Crippen LogP contribution < -0.4 is 10.6 Å². The van der Waals surface area contributed by atoms with Crippen LogP contribution in [-0.4, -0.2) is 92.3 Å². The highest BCUT2D eigenvalue weighted by Gasteiger charge is 2.27. The molecule has 29 heavy (non-hydrogen) atoms. The molecular formula is C21H33N5O3. The Kier molecular flexibility index (Phi) is 8.13. The Hall–Kier alpha value is -2.32. The topological polar surface area (TPSA) is 89.4 Å². The van der Waals surface area contributed by atoms with E-state index in [1.54, 1.807) is 12.1 Å². The fourth-order valence-electron chi connectivity index (χ4n) is 3.79. The summed E-state index contributed by atoms with van der Waals surface area (Å²) in [6.45, 7) is 10.8. The number of phenols is 1. The van der Waals surface area contributed by atoms with Crippen LogP contribution >= 0.6 is 0 Å². The third-order valence-corrected chi connectivity index (χ3v) is 5.33. The number of guanidine groups is 1. The molecular weight excluding hydrogens is 370 g/mol. The molecule has 1 aromatic rings. The SMILES string of the molecule is CCNC(=NCCNC(=O)c1ccc(O)cc1)N1CCC(CN2CCOCC2)C1. The van der Waals surface area contributed by atoms with Gasteiger partial charge in [0.15, 0.2) is 5.96 Å². The molecule has 2 fully saturated rings. The van der Waals surface area contributed by atoms with Gasteiger partial charge in [-0.2, -0.15) is 0 Å². The summed E-state index contributed by atoms with van der Waals surface area (Å²) >= 11 is 0. The van der Waals surface area contributed by atoms with Crippen molar-refractivity contribution in [2.45, 2.75) is 13.3 Å². The lowest BCUT2D eigenvalue weighted by Crippen LogP contribution is -2.42. The number of phenolic OH excluding ortho intramolecular Hbond substituents is 1. The summed E-state index contributed by atoms with van der Waals surface area (Å²) < 4.78 is 5.44. The molecule has 2 saturated heterocycles. The number of likely N-dealkylation sites (tertiary alicyclic amines) is 1. The Morgan fingerprint density at radius 3 is 2.69 bits per heavy atom. The Labute approximate surface area is 172 Å². The lowest BCUT2D eigenvalue weighted by molar-refractivity contribution is 0.0315. The number of morpholine rings is 1. The smallest absolute Gasteiger partial charge is 0.251 e. The van der Waals surface area contributed by atoms with E-state index in [1.807, 2.05) is 0 Å². The summed E-state index contributed by atoms with van der Waals surface area (Å²) in [5.41, 5.74) is 0.532. The number of nitrogens with zero attached hydrogens (tertiary/aromatic N) is 3. The Bertz CT molecular complexity index is 673. The second kappa shape index (κ2) is 11.0. The molecule has 2 heterocycles. The Morgan fingerprint density at radius 2 is 1.97 bits per heavy atom. The van der Waals surface area contributed by atoms with E-state index in [2.05, 4.69) is 27.4 Å². The van der Waals surface area contributed by atoms with Crippen molar-refractivity contribution in [1.82, 2.24) is 20.4 Å². The van der Waals surface area contributed by atoms with Gasteiger partial charge in [0.2, 0.25) is 0 Å². The first kappa shape index (κ1) is 21.4. The number of aliphatic imine (C=N–C) groups is 1. The molecule has 0 saturated carbocycles. The van der Waals surface area contributed by atoms with Gasteiger partial charge in [-0.1, -0.05) is 0 Å². The highest BCUT2D eigenvalue weighted by molar-refractivity contribution is 5.94. The van der Waals surface area contributed by atoms with E-state index in [9.17, 15) is 9.90 Å². The quantitative estimate of drug-likeness (QED) is 0.354. The van der Waals surface area contributed by atoms with Crippen LogP contribution in [0.15, 0.2) is 29.3 Å². The van der Waals surface area contributed by atoms with Gasteiger partial charge in [0.1, 0.15) is 5.75 Å². The first-order chi connectivity index (χ1) is 14.2. The fraction of sp³-hybridized carbons (Fsp3) is 0.619. The number of rotatable bonds is 7. The summed E-state index contributed by atoms with van der Waals surface area (Å²) in [4.78, 5) is 21.7. The maximum Gasteiger partial charge on any atom is 0.251 e. The van der Waals surface area contributed by atoms with E-state index in [-0.39, 0.29) is 11.7 Å². The van der Waals surface area contributed by atoms with Crippen molar-refractivity contribution in [3.63, 3.8) is 0 Å². The third kappa shape index (κ3) is 6.61. The van der Waals surface area contributed by atoms with Crippen LogP contribution in [0, 0.1) is 5.92 Å². The zero-order valence-corrected chi connectivity index (χ0v) is 17.3. The summed E-state index contributed by atoms with van der Waals surface area (Å²) in [5.74, 6) is 1.58. The van der Waals surface area contributed by atoms with Crippen LogP contribution in [0.4, 0.5) is 0 Å². The maximum atomic E-state index is 12.1. The van der Waals surface area contributed by atoms with Crippen molar-refractivity contribution in [3.8, 4) is 5.75 Å². The number of aromatic hydroxyl groups is 1. The number of ether oxygens (including phenoxy) is 1. The van der Waals surface area contributed by atoms with Crippen LogP contribution in [0.25, 0.3) is 0 Å². The van der Waals surface area contributed by atoms with Crippen molar-refractivity contribution in [3.05, 3.63) is 29.8 Å². The number of hydrogen-bond donors (Lipinski definition) is 3. The van der Waals surface area contributed by atoms with E-state index >= 15 is 0 Å². The molecule has 160 valence electrons. The van der Waals surface area contributed by atoms with E-state index in [4.69, 9.17) is 9.73 Å². The minimum Gasteiger partial charge on any atom is -0.508 e. The van der Waals surface area contributed by atoms with E-state index in [1.165, 1.54) is 18.6 Å². The van der Waals surface area contributed by atoms with Crippen molar-refractivity contribution in [2.75, 3.05) is 65.6 Å². The highest BCUT2D eigenvalue weighted by atomic mass is 16.5. The van der Waals surface area contributed by atoms with Gasteiger partial charge in [0.05, 0.1) is 19.8 Å². The zero-order valence-electron chi connectivity index (χ0n) is 17.3. The number of carbonyl (C=O) groups is 1. The lowest BCUT2D eigenvalue weighted by atomic mass is 10.1. The highest BCUT2D eigenvalue weighted by Crippen LogP contribution is 2.18. The Morgan fingerprint density at radius 1 is 1.21 bits per heavy atom. The molecule has 1 amide bonds. The molecule has 0 bridgehead atoms. The van der Waals surface area contributed by atoms with E-state index in [0.29, 0.717) is 24.6 Å². The molecule has 3 rings (SSSR count). The molecule has 1 aromatic carbocycles. The largest absolute Gasteiger partial charge is 0.508 e. The van der Waals surface area contributed by atoms with Crippen molar-refractivity contribution in [1.29, 1.82) is 0 Å². The second-order valence-corrected chi connectivity index (χ2v) is 7.55. The second-order valence-electron chi connectivity index (χ2n) is 7.55. The van der Waals surface area contributed by atoms with Gasteiger partial charge in [0, 0.05) is 51.4 Å². The molecule has 2 aliphatic rings.